The third-order valence-corrected chi connectivity index (χ3v) is 4.25. The quantitative estimate of drug-likeness (QED) is 0.807. The van der Waals surface area contributed by atoms with E-state index in [1.807, 2.05) is 6.26 Å². The number of likely N-dealkylation sites (tertiary alicyclic amines) is 1. The summed E-state index contributed by atoms with van der Waals surface area (Å²) in [7, 11) is 0. The molecule has 2 aliphatic heterocycles. The van der Waals surface area contributed by atoms with Crippen LogP contribution >= 0.6 is 0 Å². The summed E-state index contributed by atoms with van der Waals surface area (Å²) in [6, 6.07) is 1.67. The molecule has 0 amide bonds. The minimum atomic E-state index is 0.404. The van der Waals surface area contributed by atoms with Crippen molar-refractivity contribution in [3.05, 3.63) is 12.3 Å². The van der Waals surface area contributed by atoms with Gasteiger partial charge in [-0.15, -0.1) is 0 Å². The molecule has 0 aromatic carbocycles. The Bertz CT molecular complexity index is 267. The van der Waals surface area contributed by atoms with Crippen LogP contribution in [0.3, 0.4) is 0 Å². The number of nitrogens with zero attached hydrogens (tertiary/aromatic N) is 1. The minimum Gasteiger partial charge on any atom is -0.497 e. The Balaban J connectivity index is 1.34. The van der Waals surface area contributed by atoms with E-state index in [0.29, 0.717) is 6.10 Å². The lowest BCUT2D eigenvalue weighted by Crippen LogP contribution is -2.45. The molecule has 1 aliphatic carbocycles. The molecule has 96 valence electrons. The van der Waals surface area contributed by atoms with E-state index in [4.69, 9.17) is 4.74 Å². The van der Waals surface area contributed by atoms with Crippen molar-refractivity contribution in [2.45, 2.75) is 56.7 Å². The van der Waals surface area contributed by atoms with E-state index in [1.165, 1.54) is 51.6 Å². The monoisotopic (exact) mass is 236 g/mol. The molecule has 0 aromatic heterocycles. The van der Waals surface area contributed by atoms with Gasteiger partial charge in [-0.3, -0.25) is 0 Å². The van der Waals surface area contributed by atoms with Gasteiger partial charge in [-0.25, -0.2) is 0 Å². The van der Waals surface area contributed by atoms with E-state index in [0.717, 1.165) is 18.6 Å². The van der Waals surface area contributed by atoms with Crippen LogP contribution in [-0.2, 0) is 4.74 Å². The molecule has 1 saturated heterocycles. The van der Waals surface area contributed by atoms with Crippen LogP contribution in [0, 0.1) is 0 Å². The van der Waals surface area contributed by atoms with Gasteiger partial charge in [0.15, 0.2) is 0 Å². The molecule has 3 nitrogen and oxygen atoms in total. The maximum Gasteiger partial charge on any atom is 0.110 e. The number of allylic oxidation sites excluding steroid dienone is 1. The van der Waals surface area contributed by atoms with Crippen LogP contribution < -0.4 is 5.32 Å². The van der Waals surface area contributed by atoms with Crippen molar-refractivity contribution in [3.63, 3.8) is 0 Å². The zero-order valence-electron chi connectivity index (χ0n) is 10.6. The van der Waals surface area contributed by atoms with E-state index in [-0.39, 0.29) is 0 Å². The Morgan fingerprint density at radius 2 is 1.94 bits per heavy atom. The van der Waals surface area contributed by atoms with Crippen LogP contribution in [0.1, 0.15) is 38.5 Å². The third kappa shape index (κ3) is 3.23. The average molecular weight is 236 g/mol. The molecule has 1 N–H and O–H groups in total. The molecule has 3 heteroatoms. The highest BCUT2D eigenvalue weighted by Crippen LogP contribution is 2.29. The number of nitrogens with one attached hydrogen (secondary N) is 1. The highest BCUT2D eigenvalue weighted by Gasteiger charge is 2.31. The van der Waals surface area contributed by atoms with Gasteiger partial charge in [0.05, 0.1) is 6.26 Å². The van der Waals surface area contributed by atoms with Gasteiger partial charge in [0, 0.05) is 18.6 Å². The van der Waals surface area contributed by atoms with Crippen LogP contribution in [0.4, 0.5) is 0 Å². The second-order valence-corrected chi connectivity index (χ2v) is 5.66. The molecule has 0 bridgehead atoms. The number of ether oxygens (including phenoxy) is 1. The highest BCUT2D eigenvalue weighted by molar-refractivity contribution is 4.89. The molecule has 2 fully saturated rings. The molecule has 0 aromatic rings. The van der Waals surface area contributed by atoms with Gasteiger partial charge in [-0.2, -0.15) is 0 Å². The van der Waals surface area contributed by atoms with Crippen molar-refractivity contribution in [2.75, 3.05) is 19.6 Å². The van der Waals surface area contributed by atoms with Gasteiger partial charge in [0.25, 0.3) is 0 Å². The van der Waals surface area contributed by atoms with Crippen LogP contribution in [0.15, 0.2) is 12.3 Å². The van der Waals surface area contributed by atoms with Crippen LogP contribution in [0.25, 0.3) is 0 Å². The summed E-state index contributed by atoms with van der Waals surface area (Å²) >= 11 is 0. The summed E-state index contributed by atoms with van der Waals surface area (Å²) < 4.78 is 5.58. The molecule has 2 heterocycles. The third-order valence-electron chi connectivity index (χ3n) is 4.25. The molecule has 0 radical (unpaired) electrons. The predicted molar refractivity (Wildman–Crippen MR) is 68.9 cm³/mol. The van der Waals surface area contributed by atoms with Gasteiger partial charge in [-0.05, 0) is 57.7 Å². The Hall–Kier alpha value is -0.540. The van der Waals surface area contributed by atoms with Crippen LogP contribution in [-0.4, -0.2) is 42.7 Å². The molecule has 17 heavy (non-hydrogen) atoms. The molecular formula is C14H24N2O. The van der Waals surface area contributed by atoms with E-state index in [9.17, 15) is 0 Å². The Labute approximate surface area is 104 Å². The van der Waals surface area contributed by atoms with Crippen molar-refractivity contribution in [1.29, 1.82) is 0 Å². The fourth-order valence-corrected chi connectivity index (χ4v) is 2.94. The first kappa shape index (κ1) is 11.5. The second-order valence-electron chi connectivity index (χ2n) is 5.66. The smallest absolute Gasteiger partial charge is 0.110 e. The van der Waals surface area contributed by atoms with Crippen molar-refractivity contribution in [3.8, 4) is 0 Å². The summed E-state index contributed by atoms with van der Waals surface area (Å²) in [5.41, 5.74) is 0. The molecule has 1 saturated carbocycles. The lowest BCUT2D eigenvalue weighted by molar-refractivity contribution is 0.111. The van der Waals surface area contributed by atoms with Crippen LogP contribution in [0.2, 0.25) is 0 Å². The Kier molecular flexibility index (Phi) is 3.67. The highest BCUT2D eigenvalue weighted by atomic mass is 16.5. The molecule has 1 unspecified atom stereocenters. The summed E-state index contributed by atoms with van der Waals surface area (Å²) in [6.07, 6.45) is 12.3. The van der Waals surface area contributed by atoms with E-state index in [2.05, 4.69) is 16.3 Å². The molecule has 3 aliphatic rings. The van der Waals surface area contributed by atoms with Crippen molar-refractivity contribution >= 4 is 0 Å². The number of rotatable bonds is 4. The van der Waals surface area contributed by atoms with E-state index >= 15 is 0 Å². The summed E-state index contributed by atoms with van der Waals surface area (Å²) in [5, 5.41) is 3.69. The number of hydrogen-bond acceptors (Lipinski definition) is 3. The van der Waals surface area contributed by atoms with Crippen molar-refractivity contribution in [2.24, 2.45) is 0 Å². The molecule has 0 spiro atoms. The van der Waals surface area contributed by atoms with Gasteiger partial charge in [-0.1, -0.05) is 0 Å². The van der Waals surface area contributed by atoms with Crippen molar-refractivity contribution in [1.82, 2.24) is 10.2 Å². The van der Waals surface area contributed by atoms with Crippen molar-refractivity contribution < 1.29 is 4.74 Å². The Morgan fingerprint density at radius 3 is 2.59 bits per heavy atom. The summed E-state index contributed by atoms with van der Waals surface area (Å²) in [6.45, 7) is 3.62. The maximum atomic E-state index is 5.58. The van der Waals surface area contributed by atoms with Gasteiger partial charge < -0.3 is 15.0 Å². The molecule has 1 atom stereocenters. The molecule has 3 rings (SSSR count). The number of piperidine rings is 1. The molecular weight excluding hydrogens is 212 g/mol. The average Bonchev–Trinajstić information content (AvgIpc) is 3.23. The second kappa shape index (κ2) is 5.40. The van der Waals surface area contributed by atoms with Gasteiger partial charge in [0.1, 0.15) is 6.10 Å². The summed E-state index contributed by atoms with van der Waals surface area (Å²) in [5.74, 6) is 0. The topological polar surface area (TPSA) is 24.5 Å². The van der Waals surface area contributed by atoms with Gasteiger partial charge >= 0.3 is 0 Å². The van der Waals surface area contributed by atoms with E-state index < -0.39 is 0 Å². The van der Waals surface area contributed by atoms with Crippen LogP contribution in [0.5, 0.6) is 0 Å². The minimum absolute atomic E-state index is 0.404. The first-order chi connectivity index (χ1) is 8.42. The summed E-state index contributed by atoms with van der Waals surface area (Å²) in [4.78, 5) is 2.68. The normalized spacial score (nSPS) is 31.4. The fraction of sp³-hybridized carbons (Fsp3) is 0.857. The Morgan fingerprint density at radius 1 is 1.12 bits per heavy atom. The first-order valence-corrected chi connectivity index (χ1v) is 7.20. The zero-order chi connectivity index (χ0) is 11.5. The van der Waals surface area contributed by atoms with Gasteiger partial charge in [0.2, 0.25) is 0 Å². The zero-order valence-corrected chi connectivity index (χ0v) is 10.6. The standard InChI is InChI=1S/C14H24N2O/c1-2-10-17-14(3-1)11-15-12-6-8-16(9-7-12)13-4-5-13/h2,10,12-15H,1,3-9,11H2. The first-order valence-electron chi connectivity index (χ1n) is 7.20. The largest absolute Gasteiger partial charge is 0.497 e. The predicted octanol–water partition coefficient (Wildman–Crippen LogP) is 1.90. The fourth-order valence-electron chi connectivity index (χ4n) is 2.94. The SMILES string of the molecule is C1=COC(CNC2CCN(C3CC3)CC2)CC1. The number of hydrogen-bond donors (Lipinski definition) is 1. The lowest BCUT2D eigenvalue weighted by Gasteiger charge is -2.33. The lowest BCUT2D eigenvalue weighted by atomic mass is 10.0. The maximum absolute atomic E-state index is 5.58. The van der Waals surface area contributed by atoms with E-state index in [1.54, 1.807) is 0 Å².